The highest BCUT2D eigenvalue weighted by molar-refractivity contribution is 6.30. The molecule has 0 saturated carbocycles. The highest BCUT2D eigenvalue weighted by atomic mass is 35.5. The van der Waals surface area contributed by atoms with Crippen LogP contribution in [-0.4, -0.2) is 9.78 Å². The molecule has 0 N–H and O–H groups in total. The largest absolute Gasteiger partial charge is 0.486 e. The van der Waals surface area contributed by atoms with E-state index in [0.717, 1.165) is 6.54 Å². The van der Waals surface area contributed by atoms with Crippen LogP contribution in [0.25, 0.3) is 0 Å². The number of aryl methyl sites for hydroxylation is 1. The Kier molecular flexibility index (Phi) is 3.64. The average Bonchev–Trinajstić information content (AvgIpc) is 2.76. The standard InChI is InChI=1S/C12H12ClFN2O/c1-2-16-7-11(6-15-16)17-8-9-3-4-10(13)5-12(9)14/h3-7H,2,8H2,1H3. The minimum atomic E-state index is -0.361. The van der Waals surface area contributed by atoms with Crippen molar-refractivity contribution in [2.24, 2.45) is 0 Å². The lowest BCUT2D eigenvalue weighted by Crippen LogP contribution is -1.98. The van der Waals surface area contributed by atoms with Gasteiger partial charge in [0, 0.05) is 17.1 Å². The van der Waals surface area contributed by atoms with Crippen LogP contribution in [-0.2, 0) is 13.2 Å². The van der Waals surface area contributed by atoms with E-state index in [-0.39, 0.29) is 12.4 Å². The number of rotatable bonds is 4. The number of hydrogen-bond donors (Lipinski definition) is 0. The third kappa shape index (κ3) is 2.97. The zero-order chi connectivity index (χ0) is 12.3. The lowest BCUT2D eigenvalue weighted by atomic mass is 10.2. The van der Waals surface area contributed by atoms with E-state index in [2.05, 4.69) is 5.10 Å². The van der Waals surface area contributed by atoms with Gasteiger partial charge in [0.15, 0.2) is 5.75 Å². The van der Waals surface area contributed by atoms with Crippen LogP contribution in [0, 0.1) is 5.82 Å². The fourth-order valence-corrected chi connectivity index (χ4v) is 1.55. The van der Waals surface area contributed by atoms with Gasteiger partial charge in [0.05, 0.1) is 12.4 Å². The van der Waals surface area contributed by atoms with Crippen molar-refractivity contribution in [3.05, 3.63) is 47.0 Å². The molecule has 0 spiro atoms. The first-order valence-corrected chi connectivity index (χ1v) is 5.66. The van der Waals surface area contributed by atoms with Gasteiger partial charge in [-0.15, -0.1) is 0 Å². The predicted octanol–water partition coefficient (Wildman–Crippen LogP) is 3.27. The van der Waals surface area contributed by atoms with E-state index in [1.165, 1.54) is 6.07 Å². The van der Waals surface area contributed by atoms with Crippen molar-refractivity contribution >= 4 is 11.6 Å². The van der Waals surface area contributed by atoms with Crippen LogP contribution >= 0.6 is 11.6 Å². The van der Waals surface area contributed by atoms with E-state index in [4.69, 9.17) is 16.3 Å². The molecule has 0 saturated heterocycles. The van der Waals surface area contributed by atoms with E-state index in [1.807, 2.05) is 6.92 Å². The molecule has 0 amide bonds. The Morgan fingerprint density at radius 1 is 1.47 bits per heavy atom. The lowest BCUT2D eigenvalue weighted by molar-refractivity contribution is 0.299. The van der Waals surface area contributed by atoms with Gasteiger partial charge in [0.2, 0.25) is 0 Å². The molecule has 0 aliphatic heterocycles. The van der Waals surface area contributed by atoms with Crippen molar-refractivity contribution in [1.82, 2.24) is 9.78 Å². The van der Waals surface area contributed by atoms with Crippen molar-refractivity contribution in [2.75, 3.05) is 0 Å². The number of aromatic nitrogens is 2. The zero-order valence-corrected chi connectivity index (χ0v) is 10.1. The monoisotopic (exact) mass is 254 g/mol. The molecule has 1 heterocycles. The van der Waals surface area contributed by atoms with Crippen molar-refractivity contribution < 1.29 is 9.13 Å². The van der Waals surface area contributed by atoms with E-state index in [1.54, 1.807) is 29.2 Å². The van der Waals surface area contributed by atoms with E-state index >= 15 is 0 Å². The van der Waals surface area contributed by atoms with Crippen molar-refractivity contribution in [3.63, 3.8) is 0 Å². The Balaban J connectivity index is 2.02. The smallest absolute Gasteiger partial charge is 0.157 e. The van der Waals surface area contributed by atoms with Crippen LogP contribution in [0.3, 0.4) is 0 Å². The molecule has 3 nitrogen and oxygen atoms in total. The SMILES string of the molecule is CCn1cc(OCc2ccc(Cl)cc2F)cn1. The van der Waals surface area contributed by atoms with Gasteiger partial charge >= 0.3 is 0 Å². The Morgan fingerprint density at radius 2 is 2.29 bits per heavy atom. The first-order chi connectivity index (χ1) is 8.19. The average molecular weight is 255 g/mol. The number of hydrogen-bond acceptors (Lipinski definition) is 2. The summed E-state index contributed by atoms with van der Waals surface area (Å²) in [6.07, 6.45) is 3.38. The highest BCUT2D eigenvalue weighted by Crippen LogP contribution is 2.17. The Hall–Kier alpha value is -1.55. The van der Waals surface area contributed by atoms with Crippen LogP contribution < -0.4 is 4.74 Å². The molecule has 0 bridgehead atoms. The molecule has 1 aromatic carbocycles. The molecule has 1 aromatic heterocycles. The van der Waals surface area contributed by atoms with Gasteiger partial charge in [0.1, 0.15) is 12.4 Å². The molecule has 0 aliphatic rings. The molecule has 5 heteroatoms. The maximum atomic E-state index is 13.4. The van der Waals surface area contributed by atoms with E-state index in [0.29, 0.717) is 16.3 Å². The second-order valence-corrected chi connectivity index (χ2v) is 3.99. The summed E-state index contributed by atoms with van der Waals surface area (Å²) in [7, 11) is 0. The van der Waals surface area contributed by atoms with Gasteiger partial charge in [-0.2, -0.15) is 5.10 Å². The summed E-state index contributed by atoms with van der Waals surface area (Å²) in [4.78, 5) is 0. The summed E-state index contributed by atoms with van der Waals surface area (Å²) >= 11 is 5.66. The molecule has 2 rings (SSSR count). The fraction of sp³-hybridized carbons (Fsp3) is 0.250. The molecule has 0 aliphatic carbocycles. The summed E-state index contributed by atoms with van der Waals surface area (Å²) in [6.45, 7) is 2.92. The summed E-state index contributed by atoms with van der Waals surface area (Å²) in [5, 5.41) is 4.44. The fourth-order valence-electron chi connectivity index (χ4n) is 1.39. The molecular formula is C12H12ClFN2O. The van der Waals surface area contributed by atoms with E-state index in [9.17, 15) is 4.39 Å². The summed E-state index contributed by atoms with van der Waals surface area (Å²) in [5.74, 6) is 0.265. The third-order valence-electron chi connectivity index (χ3n) is 2.34. The molecule has 0 fully saturated rings. The number of halogens is 2. The summed E-state index contributed by atoms with van der Waals surface area (Å²) in [6, 6.07) is 4.52. The Morgan fingerprint density at radius 3 is 2.94 bits per heavy atom. The molecular weight excluding hydrogens is 243 g/mol. The predicted molar refractivity (Wildman–Crippen MR) is 63.6 cm³/mol. The van der Waals surface area contributed by atoms with Crippen molar-refractivity contribution in [2.45, 2.75) is 20.1 Å². The Labute approximate surface area is 104 Å². The van der Waals surface area contributed by atoms with Crippen LogP contribution in [0.4, 0.5) is 4.39 Å². The van der Waals surface area contributed by atoms with E-state index < -0.39 is 0 Å². The molecule has 2 aromatic rings. The van der Waals surface area contributed by atoms with Gasteiger partial charge in [-0.05, 0) is 19.1 Å². The molecule has 17 heavy (non-hydrogen) atoms. The first kappa shape index (κ1) is 11.9. The summed E-state index contributed by atoms with van der Waals surface area (Å²) < 4.78 is 20.6. The van der Waals surface area contributed by atoms with Gasteiger partial charge < -0.3 is 4.74 Å². The second kappa shape index (κ2) is 5.19. The number of ether oxygens (including phenoxy) is 1. The van der Waals surface area contributed by atoms with Crippen LogP contribution in [0.5, 0.6) is 5.75 Å². The second-order valence-electron chi connectivity index (χ2n) is 3.56. The van der Waals surface area contributed by atoms with Crippen LogP contribution in [0.1, 0.15) is 12.5 Å². The zero-order valence-electron chi connectivity index (χ0n) is 9.36. The maximum Gasteiger partial charge on any atom is 0.157 e. The van der Waals surface area contributed by atoms with Gasteiger partial charge in [0.25, 0.3) is 0 Å². The highest BCUT2D eigenvalue weighted by Gasteiger charge is 2.05. The minimum Gasteiger partial charge on any atom is -0.486 e. The van der Waals surface area contributed by atoms with Crippen LogP contribution in [0.2, 0.25) is 5.02 Å². The van der Waals surface area contributed by atoms with Gasteiger partial charge in [-0.1, -0.05) is 17.7 Å². The topological polar surface area (TPSA) is 27.1 Å². The van der Waals surface area contributed by atoms with Gasteiger partial charge in [-0.3, -0.25) is 4.68 Å². The normalized spacial score (nSPS) is 10.5. The number of nitrogens with zero attached hydrogens (tertiary/aromatic N) is 2. The Bertz CT molecular complexity index is 513. The maximum absolute atomic E-state index is 13.4. The number of benzene rings is 1. The molecule has 0 atom stereocenters. The lowest BCUT2D eigenvalue weighted by Gasteiger charge is -2.04. The molecule has 90 valence electrons. The van der Waals surface area contributed by atoms with Crippen molar-refractivity contribution in [3.8, 4) is 5.75 Å². The molecule has 0 unspecified atom stereocenters. The third-order valence-corrected chi connectivity index (χ3v) is 2.58. The summed E-state index contributed by atoms with van der Waals surface area (Å²) in [5.41, 5.74) is 0.471. The minimum absolute atomic E-state index is 0.165. The van der Waals surface area contributed by atoms with Gasteiger partial charge in [-0.25, -0.2) is 4.39 Å². The first-order valence-electron chi connectivity index (χ1n) is 5.28. The van der Waals surface area contributed by atoms with Crippen molar-refractivity contribution in [1.29, 1.82) is 0 Å². The quantitative estimate of drug-likeness (QED) is 0.837. The van der Waals surface area contributed by atoms with Crippen LogP contribution in [0.15, 0.2) is 30.6 Å². The molecule has 0 radical (unpaired) electrons.